The van der Waals surface area contributed by atoms with E-state index >= 15 is 0 Å². The number of hydrogen-bond acceptors (Lipinski definition) is 3. The van der Waals surface area contributed by atoms with E-state index in [1.54, 1.807) is 11.3 Å². The van der Waals surface area contributed by atoms with Gasteiger partial charge in [-0.25, -0.2) is 9.97 Å². The van der Waals surface area contributed by atoms with Crippen LogP contribution in [-0.2, 0) is 0 Å². The number of pyridine rings is 1. The number of benzene rings is 1. The highest BCUT2D eigenvalue weighted by Crippen LogP contribution is 2.39. The molecule has 126 valence electrons. The summed E-state index contributed by atoms with van der Waals surface area (Å²) in [6.45, 7) is 2.06. The van der Waals surface area contributed by atoms with Gasteiger partial charge in [0.05, 0.1) is 9.88 Å². The second-order valence-corrected chi connectivity index (χ2v) is 8.34. The Morgan fingerprint density at radius 3 is 2.76 bits per heavy atom. The number of nitrogens with one attached hydrogen (secondary N) is 1. The van der Waals surface area contributed by atoms with E-state index in [2.05, 4.69) is 46.3 Å². The largest absolute Gasteiger partial charge is 0.346 e. The predicted octanol–water partition coefficient (Wildman–Crippen LogP) is 6.20. The Kier molecular flexibility index (Phi) is 3.59. The molecule has 0 radical (unpaired) electrons. The van der Waals surface area contributed by atoms with Gasteiger partial charge in [0.25, 0.3) is 0 Å². The van der Waals surface area contributed by atoms with Gasteiger partial charge in [-0.3, -0.25) is 0 Å². The minimum atomic E-state index is 0.671. The van der Waals surface area contributed by atoms with Gasteiger partial charge in [0.1, 0.15) is 5.65 Å². The van der Waals surface area contributed by atoms with Gasteiger partial charge < -0.3 is 4.98 Å². The molecule has 3 aromatic heterocycles. The number of rotatable bonds is 2. The highest BCUT2D eigenvalue weighted by atomic mass is 32.1. The lowest BCUT2D eigenvalue weighted by atomic mass is 9.83. The molecule has 1 saturated carbocycles. The molecule has 3 heterocycles. The monoisotopic (exact) mass is 347 g/mol. The first-order valence-corrected chi connectivity index (χ1v) is 9.94. The van der Waals surface area contributed by atoms with Crippen molar-refractivity contribution >= 4 is 33.1 Å². The highest BCUT2D eigenvalue weighted by Gasteiger charge is 2.20. The van der Waals surface area contributed by atoms with Gasteiger partial charge >= 0.3 is 0 Å². The van der Waals surface area contributed by atoms with Crippen molar-refractivity contribution in [3.8, 4) is 10.4 Å². The summed E-state index contributed by atoms with van der Waals surface area (Å²) in [4.78, 5) is 13.7. The molecule has 0 aliphatic heterocycles. The highest BCUT2D eigenvalue weighted by molar-refractivity contribution is 7.15. The van der Waals surface area contributed by atoms with E-state index in [0.29, 0.717) is 5.92 Å². The number of aromatic nitrogens is 3. The van der Waals surface area contributed by atoms with Gasteiger partial charge in [-0.2, -0.15) is 0 Å². The molecule has 1 aliphatic rings. The van der Waals surface area contributed by atoms with Crippen LogP contribution in [0.25, 0.3) is 32.2 Å². The average molecular weight is 347 g/mol. The molecule has 25 heavy (non-hydrogen) atoms. The molecule has 0 atom stereocenters. The Morgan fingerprint density at radius 2 is 1.96 bits per heavy atom. The van der Waals surface area contributed by atoms with Crippen LogP contribution in [0.15, 0.2) is 36.8 Å². The summed E-state index contributed by atoms with van der Waals surface area (Å²) in [7, 11) is 0. The van der Waals surface area contributed by atoms with Crippen molar-refractivity contribution < 1.29 is 0 Å². The maximum Gasteiger partial charge on any atom is 0.138 e. The quantitative estimate of drug-likeness (QED) is 0.469. The van der Waals surface area contributed by atoms with Crippen molar-refractivity contribution in [3.63, 3.8) is 0 Å². The number of nitrogens with zero attached hydrogens (tertiary/aromatic N) is 2. The van der Waals surface area contributed by atoms with Crippen molar-refractivity contribution in [1.29, 1.82) is 0 Å². The predicted molar refractivity (Wildman–Crippen MR) is 105 cm³/mol. The van der Waals surface area contributed by atoms with Crippen molar-refractivity contribution in [2.24, 2.45) is 0 Å². The molecule has 0 spiro atoms. The third kappa shape index (κ3) is 2.56. The van der Waals surface area contributed by atoms with E-state index in [-0.39, 0.29) is 0 Å². The molecule has 0 unspecified atom stereocenters. The maximum atomic E-state index is 4.67. The van der Waals surface area contributed by atoms with E-state index in [4.69, 9.17) is 0 Å². The first kappa shape index (κ1) is 15.1. The first-order valence-electron chi connectivity index (χ1n) is 9.12. The van der Waals surface area contributed by atoms with Crippen molar-refractivity contribution in [3.05, 3.63) is 47.4 Å². The zero-order chi connectivity index (χ0) is 16.8. The van der Waals surface area contributed by atoms with Gasteiger partial charge in [-0.1, -0.05) is 31.4 Å². The van der Waals surface area contributed by atoms with Crippen molar-refractivity contribution in [1.82, 2.24) is 15.0 Å². The van der Waals surface area contributed by atoms with Gasteiger partial charge in [0.2, 0.25) is 0 Å². The summed E-state index contributed by atoms with van der Waals surface area (Å²) < 4.78 is 0. The molecule has 1 aliphatic carbocycles. The minimum absolute atomic E-state index is 0.671. The Morgan fingerprint density at radius 1 is 1.08 bits per heavy atom. The average Bonchev–Trinajstić information content (AvgIpc) is 3.28. The summed E-state index contributed by atoms with van der Waals surface area (Å²) in [5.41, 5.74) is 3.73. The van der Waals surface area contributed by atoms with E-state index in [9.17, 15) is 0 Å². The Bertz CT molecular complexity index is 1050. The smallest absolute Gasteiger partial charge is 0.138 e. The van der Waals surface area contributed by atoms with Crippen LogP contribution in [0.2, 0.25) is 0 Å². The van der Waals surface area contributed by atoms with E-state index in [1.807, 2.05) is 12.4 Å². The minimum Gasteiger partial charge on any atom is -0.346 e. The van der Waals surface area contributed by atoms with Crippen molar-refractivity contribution in [2.75, 3.05) is 0 Å². The molecule has 4 heteroatoms. The molecule has 5 rings (SSSR count). The van der Waals surface area contributed by atoms with E-state index in [0.717, 1.165) is 10.7 Å². The first-order chi connectivity index (χ1) is 12.3. The molecule has 0 amide bonds. The van der Waals surface area contributed by atoms with Gasteiger partial charge in [-0.05, 0) is 48.3 Å². The topological polar surface area (TPSA) is 41.6 Å². The SMILES string of the molecule is Cc1ncc(-c2ccc3cnc4[nH]cc(C5CCCCC5)c4c3c2)s1. The number of hydrogen-bond donors (Lipinski definition) is 1. The molecule has 4 aromatic rings. The molecule has 1 aromatic carbocycles. The molecule has 0 saturated heterocycles. The number of aromatic amines is 1. The molecular formula is C21H21N3S. The molecule has 3 nitrogen and oxygen atoms in total. The third-order valence-corrected chi connectivity index (χ3v) is 6.46. The summed E-state index contributed by atoms with van der Waals surface area (Å²) in [5, 5.41) is 4.97. The summed E-state index contributed by atoms with van der Waals surface area (Å²) in [5.74, 6) is 0.671. The standard InChI is InChI=1S/C21H21N3S/c1-13-22-12-19(25-13)15-7-8-16-10-23-21-20(17(16)9-15)18(11-24-21)14-5-3-2-4-6-14/h7-12,14H,2-6H2,1H3,(H,23,24). The summed E-state index contributed by atoms with van der Waals surface area (Å²) >= 11 is 1.75. The van der Waals surface area contributed by atoms with Crippen LogP contribution in [0.1, 0.15) is 48.6 Å². The fraction of sp³-hybridized carbons (Fsp3) is 0.333. The second kappa shape index (κ2) is 5.95. The van der Waals surface area contributed by atoms with E-state index < -0.39 is 0 Å². The summed E-state index contributed by atoms with van der Waals surface area (Å²) in [6.07, 6.45) is 12.9. The van der Waals surface area contributed by atoms with Gasteiger partial charge in [0, 0.05) is 29.4 Å². The normalized spacial score (nSPS) is 16.0. The summed E-state index contributed by atoms with van der Waals surface area (Å²) in [6, 6.07) is 6.71. The van der Waals surface area contributed by atoms with Crippen LogP contribution >= 0.6 is 11.3 Å². The number of thiazole rings is 1. The zero-order valence-corrected chi connectivity index (χ0v) is 15.2. The lowest BCUT2D eigenvalue weighted by molar-refractivity contribution is 0.445. The van der Waals surface area contributed by atoms with Crippen LogP contribution in [0.3, 0.4) is 0 Å². The van der Waals surface area contributed by atoms with Crippen LogP contribution < -0.4 is 0 Å². The van der Waals surface area contributed by atoms with Gasteiger partial charge in [-0.15, -0.1) is 11.3 Å². The van der Waals surface area contributed by atoms with Crippen LogP contribution in [0.5, 0.6) is 0 Å². The second-order valence-electron chi connectivity index (χ2n) is 7.11. The molecule has 1 fully saturated rings. The fourth-order valence-corrected chi connectivity index (χ4v) is 4.99. The van der Waals surface area contributed by atoms with Gasteiger partial charge in [0.15, 0.2) is 0 Å². The van der Waals surface area contributed by atoms with Crippen LogP contribution in [0, 0.1) is 6.92 Å². The lowest BCUT2D eigenvalue weighted by Crippen LogP contribution is -2.03. The Hall–Kier alpha value is -2.20. The third-order valence-electron chi connectivity index (χ3n) is 5.50. The van der Waals surface area contributed by atoms with Crippen LogP contribution in [-0.4, -0.2) is 15.0 Å². The molecule has 0 bridgehead atoms. The van der Waals surface area contributed by atoms with Crippen molar-refractivity contribution in [2.45, 2.75) is 44.9 Å². The molecule has 1 N–H and O–H groups in total. The Labute approximate surface area is 151 Å². The maximum absolute atomic E-state index is 4.67. The fourth-order valence-electron chi connectivity index (χ4n) is 4.22. The number of H-pyrrole nitrogens is 1. The molecular weight excluding hydrogens is 326 g/mol. The zero-order valence-electron chi connectivity index (χ0n) is 14.4. The number of fused-ring (bicyclic) bond motifs is 3. The van der Waals surface area contributed by atoms with E-state index in [1.165, 1.54) is 64.3 Å². The number of aryl methyl sites for hydroxylation is 1. The Balaban J connectivity index is 1.73. The lowest BCUT2D eigenvalue weighted by Gasteiger charge is -2.21. The van der Waals surface area contributed by atoms with Crippen LogP contribution in [0.4, 0.5) is 0 Å².